The summed E-state index contributed by atoms with van der Waals surface area (Å²) >= 11 is 0. The number of hydrogen-bond acceptors (Lipinski definition) is 7. The van der Waals surface area contributed by atoms with E-state index in [0.717, 1.165) is 48.1 Å². The van der Waals surface area contributed by atoms with Crippen molar-refractivity contribution in [1.82, 2.24) is 29.8 Å². The van der Waals surface area contributed by atoms with Gasteiger partial charge in [-0.1, -0.05) is 36.4 Å². The van der Waals surface area contributed by atoms with Gasteiger partial charge in [0.25, 0.3) is 0 Å². The molecule has 3 aromatic heterocycles. The van der Waals surface area contributed by atoms with Crippen LogP contribution in [0.3, 0.4) is 0 Å². The molecule has 1 aromatic carbocycles. The van der Waals surface area contributed by atoms with Gasteiger partial charge in [0.15, 0.2) is 15.5 Å². The van der Waals surface area contributed by atoms with Crippen molar-refractivity contribution in [1.29, 1.82) is 0 Å². The molecule has 206 valence electrons. The van der Waals surface area contributed by atoms with Gasteiger partial charge in [0.05, 0.1) is 17.6 Å². The lowest BCUT2D eigenvalue weighted by molar-refractivity contribution is 0.136. The Balaban J connectivity index is 1.27. The summed E-state index contributed by atoms with van der Waals surface area (Å²) in [7, 11) is -3.70. The Morgan fingerprint density at radius 2 is 1.70 bits per heavy atom. The van der Waals surface area contributed by atoms with Crippen molar-refractivity contribution in [2.45, 2.75) is 67.5 Å². The molecular weight excluding hydrogens is 526 g/mol. The molecule has 3 aliphatic rings. The van der Waals surface area contributed by atoms with Gasteiger partial charge in [-0.3, -0.25) is 4.98 Å². The van der Waals surface area contributed by atoms with Crippen LogP contribution < -0.4 is 11.1 Å². The van der Waals surface area contributed by atoms with E-state index in [9.17, 15) is 13.2 Å². The third-order valence-electron chi connectivity index (χ3n) is 8.44. The summed E-state index contributed by atoms with van der Waals surface area (Å²) < 4.78 is 27.5. The maximum absolute atomic E-state index is 13.0. The lowest BCUT2D eigenvalue weighted by Gasteiger charge is -2.39. The van der Waals surface area contributed by atoms with Gasteiger partial charge in [-0.05, 0) is 44.6 Å². The number of nitrogens with zero attached hydrogens (tertiary/aromatic N) is 5. The van der Waals surface area contributed by atoms with Gasteiger partial charge >= 0.3 is 6.03 Å². The van der Waals surface area contributed by atoms with Crippen LogP contribution in [0.5, 0.6) is 0 Å². The number of nitrogen functional groups attached to an aromatic ring is 1. The second-order valence-electron chi connectivity index (χ2n) is 11.3. The Hall–Kier alpha value is -3.99. The van der Waals surface area contributed by atoms with Crippen molar-refractivity contribution < 1.29 is 13.2 Å². The predicted molar refractivity (Wildman–Crippen MR) is 151 cm³/mol. The normalized spacial score (nSPS) is 22.5. The SMILES string of the molecule is CS(=O)(=O)c1c([C@H]2CC3CC[C@@H](C2)N3C(=O)NC2CC2)nc2c(-c3ccc(-c4ccccc4)nc3)cnn2c1N. The van der Waals surface area contributed by atoms with Crippen LogP contribution in [0.1, 0.15) is 50.1 Å². The number of benzene rings is 1. The molecular formula is C29H31N7O3S. The highest BCUT2D eigenvalue weighted by atomic mass is 32.2. The van der Waals surface area contributed by atoms with E-state index >= 15 is 0 Å². The zero-order valence-corrected chi connectivity index (χ0v) is 23.0. The van der Waals surface area contributed by atoms with E-state index in [-0.39, 0.29) is 34.7 Å². The number of sulfone groups is 1. The molecule has 0 radical (unpaired) electrons. The molecule has 1 unspecified atom stereocenters. The number of rotatable bonds is 5. The van der Waals surface area contributed by atoms with E-state index in [2.05, 4.69) is 15.4 Å². The molecule has 5 heterocycles. The Morgan fingerprint density at radius 3 is 2.33 bits per heavy atom. The first-order valence-electron chi connectivity index (χ1n) is 13.8. The molecule has 1 aliphatic carbocycles. The van der Waals surface area contributed by atoms with E-state index in [0.29, 0.717) is 30.2 Å². The fraction of sp³-hybridized carbons (Fsp3) is 0.379. The highest BCUT2D eigenvalue weighted by Crippen LogP contribution is 2.45. The molecule has 2 amide bonds. The van der Waals surface area contributed by atoms with Crippen LogP contribution in [0.25, 0.3) is 28.0 Å². The van der Waals surface area contributed by atoms with Gasteiger partial charge < -0.3 is 16.0 Å². The van der Waals surface area contributed by atoms with E-state index in [1.165, 1.54) is 10.8 Å². The van der Waals surface area contributed by atoms with Gasteiger partial charge in [-0.25, -0.2) is 18.2 Å². The summed E-state index contributed by atoms with van der Waals surface area (Å²) in [6.07, 6.45) is 9.78. The second kappa shape index (κ2) is 9.29. The number of nitrogens with two attached hydrogens (primary N) is 1. The van der Waals surface area contributed by atoms with Crippen molar-refractivity contribution in [2.75, 3.05) is 12.0 Å². The number of urea groups is 1. The number of carbonyl (C=O) groups excluding carboxylic acids is 1. The monoisotopic (exact) mass is 557 g/mol. The minimum Gasteiger partial charge on any atom is -0.382 e. The first kappa shape index (κ1) is 25.0. The van der Waals surface area contributed by atoms with Crippen molar-refractivity contribution in [3.63, 3.8) is 0 Å². The first-order valence-corrected chi connectivity index (χ1v) is 15.6. The number of anilines is 1. The van der Waals surface area contributed by atoms with Crippen LogP contribution in [0.2, 0.25) is 0 Å². The molecule has 3 N–H and O–H groups in total. The Morgan fingerprint density at radius 1 is 0.975 bits per heavy atom. The highest BCUT2D eigenvalue weighted by molar-refractivity contribution is 7.91. The maximum Gasteiger partial charge on any atom is 0.318 e. The summed E-state index contributed by atoms with van der Waals surface area (Å²) in [4.78, 5) is 24.6. The molecule has 7 rings (SSSR count). The Kier molecular flexibility index (Phi) is 5.81. The maximum atomic E-state index is 13.0. The molecule has 40 heavy (non-hydrogen) atoms. The smallest absolute Gasteiger partial charge is 0.318 e. The third kappa shape index (κ3) is 4.28. The van der Waals surface area contributed by atoms with Crippen LogP contribution in [0.15, 0.2) is 59.8 Å². The van der Waals surface area contributed by atoms with Crippen molar-refractivity contribution in [2.24, 2.45) is 0 Å². The molecule has 2 saturated heterocycles. The number of amides is 2. The molecule has 1 saturated carbocycles. The van der Waals surface area contributed by atoms with Crippen molar-refractivity contribution >= 4 is 27.3 Å². The lowest BCUT2D eigenvalue weighted by Crippen LogP contribution is -2.51. The number of fused-ring (bicyclic) bond motifs is 3. The zero-order chi connectivity index (χ0) is 27.6. The van der Waals surface area contributed by atoms with Gasteiger partial charge in [-0.15, -0.1) is 0 Å². The van der Waals surface area contributed by atoms with Gasteiger partial charge in [0.2, 0.25) is 0 Å². The predicted octanol–water partition coefficient (Wildman–Crippen LogP) is 4.03. The fourth-order valence-electron chi connectivity index (χ4n) is 6.42. The minimum atomic E-state index is -3.70. The quantitative estimate of drug-likeness (QED) is 0.378. The molecule has 0 spiro atoms. The van der Waals surface area contributed by atoms with Gasteiger partial charge in [0, 0.05) is 53.2 Å². The largest absolute Gasteiger partial charge is 0.382 e. The number of aromatic nitrogens is 4. The van der Waals surface area contributed by atoms with Crippen molar-refractivity contribution in [3.8, 4) is 22.4 Å². The fourth-order valence-corrected chi connectivity index (χ4v) is 7.48. The Labute approximate surface area is 232 Å². The number of piperidine rings is 1. The van der Waals surface area contributed by atoms with E-state index in [1.54, 1.807) is 12.4 Å². The topological polar surface area (TPSA) is 136 Å². The number of pyridine rings is 1. The average Bonchev–Trinajstić information content (AvgIpc) is 3.58. The van der Waals surface area contributed by atoms with Crippen LogP contribution >= 0.6 is 0 Å². The van der Waals surface area contributed by atoms with E-state index in [4.69, 9.17) is 10.7 Å². The molecule has 4 aromatic rings. The summed E-state index contributed by atoms with van der Waals surface area (Å²) in [5.41, 5.74) is 10.9. The molecule has 10 nitrogen and oxygen atoms in total. The van der Waals surface area contributed by atoms with Crippen LogP contribution in [-0.2, 0) is 9.84 Å². The molecule has 2 bridgehead atoms. The molecule has 3 fully saturated rings. The summed E-state index contributed by atoms with van der Waals surface area (Å²) in [6.45, 7) is 0. The molecule has 2 aliphatic heterocycles. The number of hydrogen-bond donors (Lipinski definition) is 2. The second-order valence-corrected chi connectivity index (χ2v) is 13.2. The summed E-state index contributed by atoms with van der Waals surface area (Å²) in [5.74, 6) is -0.0790. The average molecular weight is 558 g/mol. The number of nitrogens with one attached hydrogen (secondary N) is 1. The Bertz CT molecular complexity index is 1700. The summed E-state index contributed by atoms with van der Waals surface area (Å²) in [5, 5.41) is 7.54. The van der Waals surface area contributed by atoms with E-state index < -0.39 is 9.84 Å². The highest BCUT2D eigenvalue weighted by Gasteiger charge is 2.46. The van der Waals surface area contributed by atoms with E-state index in [1.807, 2.05) is 47.4 Å². The minimum absolute atomic E-state index is 0.00392. The van der Waals surface area contributed by atoms with Crippen molar-refractivity contribution in [3.05, 3.63) is 60.6 Å². The van der Waals surface area contributed by atoms with Crippen LogP contribution in [0.4, 0.5) is 10.6 Å². The summed E-state index contributed by atoms with van der Waals surface area (Å²) in [6, 6.07) is 14.2. The first-order chi connectivity index (χ1) is 19.3. The zero-order valence-electron chi connectivity index (χ0n) is 22.2. The lowest BCUT2D eigenvalue weighted by atomic mass is 9.88. The third-order valence-corrected chi connectivity index (χ3v) is 9.60. The standard InChI is InChI=1S/C29H31N7O3S/c1-40(38,39)26-25(19-13-21-10-11-22(14-19)35(21)29(37)33-20-8-9-20)34-28-23(16-32-36(28)27(26)30)18-7-12-24(31-15-18)17-5-3-2-4-6-17/h2-7,12,15-16,19-22H,8-11,13-14,30H2,1H3,(H,33,37)/t19-,21+,22?/m1/s1. The van der Waals surface area contributed by atoms with Gasteiger partial charge in [0.1, 0.15) is 10.7 Å². The van der Waals surface area contributed by atoms with Gasteiger partial charge in [-0.2, -0.15) is 9.61 Å². The van der Waals surface area contributed by atoms with Crippen LogP contribution in [-0.4, -0.2) is 63.3 Å². The molecule has 11 heteroatoms. The molecule has 3 atom stereocenters. The number of carbonyl (C=O) groups is 1. The van der Waals surface area contributed by atoms with Crippen LogP contribution in [0, 0.1) is 0 Å².